The summed E-state index contributed by atoms with van der Waals surface area (Å²) in [4.78, 5) is 38.9. The first-order valence-corrected chi connectivity index (χ1v) is 12.0. The minimum absolute atomic E-state index is 0.0383. The van der Waals surface area contributed by atoms with Gasteiger partial charge >= 0.3 is 0 Å². The van der Waals surface area contributed by atoms with E-state index in [0.717, 1.165) is 6.42 Å². The fourth-order valence-electron chi connectivity index (χ4n) is 3.68. The van der Waals surface area contributed by atoms with Crippen LogP contribution in [0, 0.1) is 0 Å². The molecule has 0 aromatic heterocycles. The lowest BCUT2D eigenvalue weighted by Gasteiger charge is -2.24. The molecule has 0 saturated carbocycles. The van der Waals surface area contributed by atoms with Crippen molar-refractivity contribution in [3.8, 4) is 5.75 Å². The molecule has 1 atom stereocenters. The van der Waals surface area contributed by atoms with E-state index in [1.807, 2.05) is 31.2 Å². The van der Waals surface area contributed by atoms with Crippen molar-refractivity contribution in [3.63, 3.8) is 0 Å². The molecule has 1 aliphatic heterocycles. The van der Waals surface area contributed by atoms with Crippen LogP contribution < -0.4 is 15.0 Å². The number of benzene rings is 2. The zero-order valence-electron chi connectivity index (χ0n) is 21.1. The maximum Gasteiger partial charge on any atom is 0.265 e. The van der Waals surface area contributed by atoms with Crippen LogP contribution in [0.3, 0.4) is 0 Å². The molecule has 1 N–H and O–H groups in total. The Labute approximate surface area is 207 Å². The van der Waals surface area contributed by atoms with Crippen LogP contribution in [-0.2, 0) is 24.5 Å². The van der Waals surface area contributed by atoms with Crippen LogP contribution >= 0.6 is 0 Å². The molecule has 2 aromatic rings. The van der Waals surface area contributed by atoms with Crippen molar-refractivity contribution in [2.24, 2.45) is 0 Å². The molecule has 1 heterocycles. The largest absolute Gasteiger partial charge is 0.501 e. The summed E-state index contributed by atoms with van der Waals surface area (Å²) in [6.45, 7) is 10.6. The van der Waals surface area contributed by atoms with E-state index in [1.165, 1.54) is 16.7 Å². The Kier molecular flexibility index (Phi) is 8.33. The number of carbonyl (C=O) groups excluding carboxylic acids is 3. The average Bonchev–Trinajstić information content (AvgIpc) is 3.14. The third-order valence-corrected chi connectivity index (χ3v) is 6.35. The zero-order valence-corrected chi connectivity index (χ0v) is 21.1. The summed E-state index contributed by atoms with van der Waals surface area (Å²) in [6.07, 6.45) is 2.11. The number of amides is 2. The first-order chi connectivity index (χ1) is 16.7. The Morgan fingerprint density at radius 3 is 2.29 bits per heavy atom. The van der Waals surface area contributed by atoms with Crippen LogP contribution in [0.15, 0.2) is 60.4 Å². The SMILES string of the molecule is CCO/C=C1\C(=O)CN(c2ccc(NC(=O)C(CC)Oc3ccc(C(C)(C)CC)cc3)cc2)C1=O. The fourth-order valence-corrected chi connectivity index (χ4v) is 3.68. The van der Waals surface area contributed by atoms with E-state index in [2.05, 4.69) is 26.1 Å². The molecule has 7 nitrogen and oxygen atoms in total. The minimum Gasteiger partial charge on any atom is -0.501 e. The molecule has 1 fully saturated rings. The summed E-state index contributed by atoms with van der Waals surface area (Å²) in [7, 11) is 0. The first kappa shape index (κ1) is 26.0. The maximum atomic E-state index is 12.8. The quantitative estimate of drug-likeness (QED) is 0.295. The Morgan fingerprint density at radius 1 is 1.06 bits per heavy atom. The van der Waals surface area contributed by atoms with Gasteiger partial charge in [0.05, 0.1) is 19.4 Å². The molecule has 1 unspecified atom stereocenters. The number of hydrogen-bond acceptors (Lipinski definition) is 5. The lowest BCUT2D eigenvalue weighted by Crippen LogP contribution is -2.32. The van der Waals surface area contributed by atoms with Crippen LogP contribution in [0.5, 0.6) is 5.75 Å². The average molecular weight is 479 g/mol. The highest BCUT2D eigenvalue weighted by molar-refractivity contribution is 6.31. The van der Waals surface area contributed by atoms with Crippen molar-refractivity contribution in [1.29, 1.82) is 0 Å². The van der Waals surface area contributed by atoms with Gasteiger partial charge in [-0.2, -0.15) is 0 Å². The van der Waals surface area contributed by atoms with E-state index in [9.17, 15) is 14.4 Å². The van der Waals surface area contributed by atoms with Crippen LogP contribution in [0.4, 0.5) is 11.4 Å². The number of nitrogens with one attached hydrogen (secondary N) is 1. The van der Waals surface area contributed by atoms with Gasteiger partial charge in [-0.25, -0.2) is 0 Å². The summed E-state index contributed by atoms with van der Waals surface area (Å²) < 4.78 is 11.1. The number of carbonyl (C=O) groups is 3. The Balaban J connectivity index is 1.63. The summed E-state index contributed by atoms with van der Waals surface area (Å²) in [6, 6.07) is 14.7. The van der Waals surface area contributed by atoms with Crippen LogP contribution in [0.1, 0.15) is 53.0 Å². The lowest BCUT2D eigenvalue weighted by atomic mass is 9.82. The molecule has 2 aromatic carbocycles. The number of hydrogen-bond donors (Lipinski definition) is 1. The summed E-state index contributed by atoms with van der Waals surface area (Å²) in [5.74, 6) is -0.290. The third-order valence-electron chi connectivity index (χ3n) is 6.35. The molecule has 0 bridgehead atoms. The highest BCUT2D eigenvalue weighted by atomic mass is 16.5. The van der Waals surface area contributed by atoms with E-state index >= 15 is 0 Å². The number of rotatable bonds is 10. The van der Waals surface area contributed by atoms with E-state index in [1.54, 1.807) is 31.2 Å². The van der Waals surface area contributed by atoms with Crippen LogP contribution in [0.2, 0.25) is 0 Å². The molecular formula is C28H34N2O5. The molecule has 1 saturated heterocycles. The number of ether oxygens (including phenoxy) is 2. The lowest BCUT2D eigenvalue weighted by molar-refractivity contribution is -0.123. The molecule has 0 aliphatic carbocycles. The van der Waals surface area contributed by atoms with Gasteiger partial charge in [0.25, 0.3) is 11.8 Å². The van der Waals surface area contributed by atoms with Gasteiger partial charge in [0.2, 0.25) is 0 Å². The van der Waals surface area contributed by atoms with E-state index < -0.39 is 12.0 Å². The number of nitrogens with zero attached hydrogens (tertiary/aromatic N) is 1. The van der Waals surface area contributed by atoms with Gasteiger partial charge in [0.15, 0.2) is 11.9 Å². The second-order valence-corrected chi connectivity index (χ2v) is 9.11. The van der Waals surface area contributed by atoms with Crippen molar-refractivity contribution < 1.29 is 23.9 Å². The van der Waals surface area contributed by atoms with Crippen LogP contribution in [0.25, 0.3) is 0 Å². The molecule has 0 radical (unpaired) electrons. The van der Waals surface area contributed by atoms with Gasteiger partial charge in [-0.15, -0.1) is 0 Å². The second-order valence-electron chi connectivity index (χ2n) is 9.11. The van der Waals surface area contributed by atoms with E-state index in [0.29, 0.717) is 30.2 Å². The molecule has 3 rings (SSSR count). The van der Waals surface area contributed by atoms with Crippen molar-refractivity contribution in [2.45, 2.75) is 59.0 Å². The van der Waals surface area contributed by atoms with Gasteiger partial charge in [-0.3, -0.25) is 14.4 Å². The summed E-state index contributed by atoms with van der Waals surface area (Å²) in [5.41, 5.74) is 2.49. The molecule has 2 amide bonds. The minimum atomic E-state index is -0.649. The molecule has 0 spiro atoms. The monoisotopic (exact) mass is 478 g/mol. The second kappa shape index (κ2) is 11.2. The van der Waals surface area contributed by atoms with Crippen molar-refractivity contribution in [3.05, 3.63) is 65.9 Å². The van der Waals surface area contributed by atoms with E-state index in [-0.39, 0.29) is 29.2 Å². The van der Waals surface area contributed by atoms with Crippen molar-refractivity contribution >= 4 is 29.0 Å². The molecule has 186 valence electrons. The van der Waals surface area contributed by atoms with Gasteiger partial charge < -0.3 is 19.7 Å². The highest BCUT2D eigenvalue weighted by Gasteiger charge is 2.35. The smallest absolute Gasteiger partial charge is 0.265 e. The number of ketones is 1. The molecule has 35 heavy (non-hydrogen) atoms. The van der Waals surface area contributed by atoms with Crippen LogP contribution in [-0.4, -0.2) is 36.9 Å². The Bertz CT molecular complexity index is 1090. The summed E-state index contributed by atoms with van der Waals surface area (Å²) >= 11 is 0. The van der Waals surface area contributed by atoms with Gasteiger partial charge in [-0.1, -0.05) is 39.8 Å². The maximum absolute atomic E-state index is 12.8. The summed E-state index contributed by atoms with van der Waals surface area (Å²) in [5, 5.41) is 2.87. The number of Topliss-reactive ketones (excluding diaryl/α,β-unsaturated/α-hetero) is 1. The Hall–Kier alpha value is -3.61. The van der Waals surface area contributed by atoms with Crippen molar-refractivity contribution in [2.75, 3.05) is 23.4 Å². The van der Waals surface area contributed by atoms with Crippen molar-refractivity contribution in [1.82, 2.24) is 0 Å². The fraction of sp³-hybridized carbons (Fsp3) is 0.393. The Morgan fingerprint density at radius 2 is 1.71 bits per heavy atom. The van der Waals surface area contributed by atoms with Gasteiger partial charge in [-0.05, 0) is 67.1 Å². The first-order valence-electron chi connectivity index (χ1n) is 12.0. The molecule has 7 heteroatoms. The van der Waals surface area contributed by atoms with Gasteiger partial charge in [0, 0.05) is 11.4 Å². The molecular weight excluding hydrogens is 444 g/mol. The third kappa shape index (κ3) is 6.10. The zero-order chi connectivity index (χ0) is 25.6. The van der Waals surface area contributed by atoms with Gasteiger partial charge in [0.1, 0.15) is 11.3 Å². The topological polar surface area (TPSA) is 84.9 Å². The highest BCUT2D eigenvalue weighted by Crippen LogP contribution is 2.29. The van der Waals surface area contributed by atoms with E-state index in [4.69, 9.17) is 9.47 Å². The molecule has 1 aliphatic rings. The predicted molar refractivity (Wildman–Crippen MR) is 137 cm³/mol. The predicted octanol–water partition coefficient (Wildman–Crippen LogP) is 5.01. The number of anilines is 2. The standard InChI is InChI=1S/C28H34N2O5/c1-6-25(35-22-15-9-19(10-16-22)28(4,5)7-2)26(32)29-20-11-13-21(14-12-20)30-17-24(31)23(27(30)33)18-34-8-3/h9-16,18,25H,6-8,17H2,1-5H3,(H,29,32)/b23-18+. The normalized spacial score (nSPS) is 15.9.